The number of ketones is 1. The number of unbranched alkanes of at least 4 members (excludes halogenated alkanes) is 1. The molecule has 0 spiro atoms. The molecule has 2 aromatic carbocycles. The van der Waals surface area contributed by atoms with Crippen LogP contribution in [0.5, 0.6) is 0 Å². The molecule has 0 aliphatic heterocycles. The second kappa shape index (κ2) is 10.4. The smallest absolute Gasteiger partial charge is 0.220 e. The minimum absolute atomic E-state index is 0.0707. The number of hydrogen-bond acceptors (Lipinski definition) is 2. The van der Waals surface area contributed by atoms with Crippen molar-refractivity contribution in [2.75, 3.05) is 6.54 Å². The number of halogens is 2. The lowest BCUT2D eigenvalue weighted by molar-refractivity contribution is -0.121. The molecule has 5 heteroatoms. The number of hydrogen-bond donors (Lipinski definition) is 1. The lowest BCUT2D eigenvalue weighted by Crippen LogP contribution is -2.24. The van der Waals surface area contributed by atoms with Gasteiger partial charge in [0.25, 0.3) is 0 Å². The molecule has 0 aliphatic carbocycles. The zero-order chi connectivity index (χ0) is 18.8. The molecule has 0 aliphatic rings. The second-order valence-corrected chi connectivity index (χ2v) is 6.22. The van der Waals surface area contributed by atoms with Gasteiger partial charge in [0.15, 0.2) is 5.78 Å². The maximum atomic E-state index is 12.8. The monoisotopic (exact) mass is 359 g/mol. The largest absolute Gasteiger partial charge is 0.356 e. The van der Waals surface area contributed by atoms with Crippen LogP contribution in [-0.4, -0.2) is 18.2 Å². The molecule has 0 saturated heterocycles. The Hall–Kier alpha value is -2.56. The van der Waals surface area contributed by atoms with Crippen LogP contribution in [-0.2, 0) is 11.2 Å². The third-order valence-corrected chi connectivity index (χ3v) is 4.10. The maximum Gasteiger partial charge on any atom is 0.220 e. The fourth-order valence-corrected chi connectivity index (χ4v) is 2.61. The summed E-state index contributed by atoms with van der Waals surface area (Å²) >= 11 is 0. The van der Waals surface area contributed by atoms with Gasteiger partial charge >= 0.3 is 0 Å². The summed E-state index contributed by atoms with van der Waals surface area (Å²) < 4.78 is 25.6. The van der Waals surface area contributed by atoms with Gasteiger partial charge in [-0.3, -0.25) is 9.59 Å². The molecule has 138 valence electrons. The first-order chi connectivity index (χ1) is 12.5. The summed E-state index contributed by atoms with van der Waals surface area (Å²) in [5, 5.41) is 2.84. The highest BCUT2D eigenvalue weighted by Crippen LogP contribution is 2.09. The van der Waals surface area contributed by atoms with Gasteiger partial charge in [0.2, 0.25) is 5.91 Å². The van der Waals surface area contributed by atoms with E-state index in [1.165, 1.54) is 36.4 Å². The fourth-order valence-electron chi connectivity index (χ4n) is 2.61. The first-order valence-corrected chi connectivity index (χ1v) is 8.84. The van der Waals surface area contributed by atoms with Crippen LogP contribution in [0.4, 0.5) is 8.78 Å². The Bertz CT molecular complexity index is 712. The lowest BCUT2D eigenvalue weighted by Gasteiger charge is -2.06. The third-order valence-electron chi connectivity index (χ3n) is 4.10. The fraction of sp³-hybridized carbons (Fsp3) is 0.333. The van der Waals surface area contributed by atoms with Gasteiger partial charge in [-0.1, -0.05) is 12.1 Å². The van der Waals surface area contributed by atoms with Crippen LogP contribution in [0.15, 0.2) is 48.5 Å². The van der Waals surface area contributed by atoms with E-state index in [0.717, 1.165) is 24.8 Å². The van der Waals surface area contributed by atoms with Crippen LogP contribution >= 0.6 is 0 Å². The van der Waals surface area contributed by atoms with E-state index in [2.05, 4.69) is 5.32 Å². The van der Waals surface area contributed by atoms with Gasteiger partial charge in [-0.2, -0.15) is 0 Å². The Morgan fingerprint density at radius 3 is 2.04 bits per heavy atom. The Balaban J connectivity index is 1.54. The Morgan fingerprint density at radius 1 is 0.769 bits per heavy atom. The summed E-state index contributed by atoms with van der Waals surface area (Å²) in [5.41, 5.74) is 1.55. The molecular formula is C21H23F2NO2. The molecule has 0 aromatic heterocycles. The van der Waals surface area contributed by atoms with Gasteiger partial charge in [-0.25, -0.2) is 8.78 Å². The van der Waals surface area contributed by atoms with Crippen molar-refractivity contribution in [3.63, 3.8) is 0 Å². The summed E-state index contributed by atoms with van der Waals surface area (Å²) in [6.07, 6.45) is 3.64. The quantitative estimate of drug-likeness (QED) is 0.503. The van der Waals surface area contributed by atoms with Gasteiger partial charge in [0.05, 0.1) is 0 Å². The predicted molar refractivity (Wildman–Crippen MR) is 96.9 cm³/mol. The number of nitrogens with one attached hydrogen (secondary N) is 1. The van der Waals surface area contributed by atoms with Crippen molar-refractivity contribution in [3.05, 3.63) is 71.3 Å². The van der Waals surface area contributed by atoms with Crippen LogP contribution in [0.1, 0.15) is 48.0 Å². The van der Waals surface area contributed by atoms with Crippen molar-refractivity contribution >= 4 is 11.7 Å². The highest BCUT2D eigenvalue weighted by Gasteiger charge is 2.08. The molecule has 0 atom stereocenters. The Morgan fingerprint density at radius 2 is 1.38 bits per heavy atom. The zero-order valence-electron chi connectivity index (χ0n) is 14.6. The molecule has 3 nitrogen and oxygen atoms in total. The molecule has 1 amide bonds. The van der Waals surface area contributed by atoms with Gasteiger partial charge in [0, 0.05) is 24.9 Å². The summed E-state index contributed by atoms with van der Waals surface area (Å²) in [5.74, 6) is -0.768. The summed E-state index contributed by atoms with van der Waals surface area (Å²) in [6.45, 7) is 0.589. The number of carbonyl (C=O) groups is 2. The van der Waals surface area contributed by atoms with Crippen molar-refractivity contribution < 1.29 is 18.4 Å². The molecule has 0 heterocycles. The topological polar surface area (TPSA) is 46.2 Å². The first kappa shape index (κ1) is 19.8. The van der Waals surface area contributed by atoms with Crippen LogP contribution in [0, 0.1) is 11.6 Å². The van der Waals surface area contributed by atoms with Crippen LogP contribution < -0.4 is 5.32 Å². The van der Waals surface area contributed by atoms with Crippen LogP contribution in [0.2, 0.25) is 0 Å². The van der Waals surface area contributed by atoms with E-state index in [1.807, 2.05) is 0 Å². The minimum Gasteiger partial charge on any atom is -0.356 e. The molecule has 0 unspecified atom stereocenters. The predicted octanol–water partition coefficient (Wildman–Crippen LogP) is 4.46. The van der Waals surface area contributed by atoms with Gasteiger partial charge < -0.3 is 5.32 Å². The molecule has 0 radical (unpaired) electrons. The van der Waals surface area contributed by atoms with Crippen molar-refractivity contribution in [2.45, 2.75) is 38.5 Å². The minimum atomic E-state index is -0.375. The SMILES string of the molecule is O=C(CCCC(=O)c1ccc(F)cc1)NCCCCc1ccc(F)cc1. The average molecular weight is 359 g/mol. The van der Waals surface area contributed by atoms with E-state index < -0.39 is 0 Å². The van der Waals surface area contributed by atoms with E-state index >= 15 is 0 Å². The number of amides is 1. The third kappa shape index (κ3) is 7.13. The van der Waals surface area contributed by atoms with Crippen LogP contribution in [0.25, 0.3) is 0 Å². The highest BCUT2D eigenvalue weighted by atomic mass is 19.1. The molecule has 0 fully saturated rings. The number of benzene rings is 2. The van der Waals surface area contributed by atoms with E-state index in [-0.39, 0.29) is 29.7 Å². The van der Waals surface area contributed by atoms with E-state index in [9.17, 15) is 18.4 Å². The van der Waals surface area contributed by atoms with Crippen molar-refractivity contribution in [1.82, 2.24) is 5.32 Å². The molecule has 0 saturated carbocycles. The summed E-state index contributed by atoms with van der Waals surface area (Å²) in [6, 6.07) is 11.9. The first-order valence-electron chi connectivity index (χ1n) is 8.84. The van der Waals surface area contributed by atoms with Crippen LogP contribution in [0.3, 0.4) is 0 Å². The van der Waals surface area contributed by atoms with Gasteiger partial charge in [-0.05, 0) is 67.6 Å². The second-order valence-electron chi connectivity index (χ2n) is 6.22. The summed E-state index contributed by atoms with van der Waals surface area (Å²) in [4.78, 5) is 23.7. The molecular weight excluding hydrogens is 336 g/mol. The van der Waals surface area contributed by atoms with E-state index in [1.54, 1.807) is 12.1 Å². The standard InChI is InChI=1S/C21H23F2NO2/c22-18-11-7-16(8-12-18)4-1-2-15-24-21(26)6-3-5-20(25)17-9-13-19(23)14-10-17/h7-14H,1-6,15H2,(H,24,26). The van der Waals surface area contributed by atoms with E-state index in [4.69, 9.17) is 0 Å². The zero-order valence-corrected chi connectivity index (χ0v) is 14.6. The molecule has 2 aromatic rings. The Kier molecular flexibility index (Phi) is 7.93. The molecule has 2 rings (SSSR count). The number of Topliss-reactive ketones (excluding diaryl/α,β-unsaturated/α-hetero) is 1. The number of carbonyl (C=O) groups excluding carboxylic acids is 2. The lowest BCUT2D eigenvalue weighted by atomic mass is 10.1. The average Bonchev–Trinajstić information content (AvgIpc) is 2.63. The molecule has 1 N–H and O–H groups in total. The molecule has 0 bridgehead atoms. The van der Waals surface area contributed by atoms with Gasteiger partial charge in [0.1, 0.15) is 11.6 Å². The van der Waals surface area contributed by atoms with Crippen molar-refractivity contribution in [1.29, 1.82) is 0 Å². The maximum absolute atomic E-state index is 12.8. The summed E-state index contributed by atoms with van der Waals surface area (Å²) in [7, 11) is 0. The van der Waals surface area contributed by atoms with E-state index in [0.29, 0.717) is 24.9 Å². The Labute approximate surface area is 152 Å². The number of rotatable bonds is 10. The highest BCUT2D eigenvalue weighted by molar-refractivity contribution is 5.96. The van der Waals surface area contributed by atoms with Gasteiger partial charge in [-0.15, -0.1) is 0 Å². The normalized spacial score (nSPS) is 10.5. The number of aryl methyl sites for hydroxylation is 1. The van der Waals surface area contributed by atoms with Crippen molar-refractivity contribution in [2.24, 2.45) is 0 Å². The van der Waals surface area contributed by atoms with Crippen molar-refractivity contribution in [3.8, 4) is 0 Å². The molecule has 26 heavy (non-hydrogen) atoms.